The highest BCUT2D eigenvalue weighted by atomic mass is 16.5. The second-order valence-electron chi connectivity index (χ2n) is 5.45. The molecule has 5 heteroatoms. The van der Waals surface area contributed by atoms with E-state index in [0.717, 1.165) is 27.9 Å². The van der Waals surface area contributed by atoms with Gasteiger partial charge in [-0.25, -0.2) is 4.79 Å². The third-order valence-corrected chi connectivity index (χ3v) is 3.54. The Balaban J connectivity index is 1.44. The third-order valence-electron chi connectivity index (χ3n) is 3.54. The standard InChI is InChI=1S/C19H19N3O2/c1-14-4-6-16(7-5-14)22-19(23)21-11-12-24-17-8-9-18-15(13-17)3-2-10-20-18/h2-10,13H,11-12H2,1H3,(H2,21,22,23). The number of carbonyl (C=O) groups excluding carboxylic acids is 1. The molecule has 0 fully saturated rings. The number of ether oxygens (including phenoxy) is 1. The number of carbonyl (C=O) groups is 1. The molecule has 0 aliphatic carbocycles. The summed E-state index contributed by atoms with van der Waals surface area (Å²) in [5.74, 6) is 0.760. The fourth-order valence-corrected chi connectivity index (χ4v) is 2.29. The zero-order valence-corrected chi connectivity index (χ0v) is 13.5. The van der Waals surface area contributed by atoms with Crippen molar-refractivity contribution in [2.75, 3.05) is 18.5 Å². The zero-order valence-electron chi connectivity index (χ0n) is 13.5. The number of hydrogen-bond donors (Lipinski definition) is 2. The lowest BCUT2D eigenvalue weighted by atomic mass is 10.2. The van der Waals surface area contributed by atoms with Gasteiger partial charge in [-0.2, -0.15) is 0 Å². The highest BCUT2D eigenvalue weighted by Crippen LogP contribution is 2.18. The number of urea groups is 1. The van der Waals surface area contributed by atoms with Crippen molar-refractivity contribution in [2.24, 2.45) is 0 Å². The van der Waals surface area contributed by atoms with Gasteiger partial charge in [0, 0.05) is 17.3 Å². The summed E-state index contributed by atoms with van der Waals surface area (Å²) in [7, 11) is 0. The molecule has 122 valence electrons. The summed E-state index contributed by atoms with van der Waals surface area (Å²) in [5.41, 5.74) is 2.85. The van der Waals surface area contributed by atoms with E-state index in [2.05, 4.69) is 15.6 Å². The Morgan fingerprint density at radius 3 is 2.79 bits per heavy atom. The monoisotopic (exact) mass is 321 g/mol. The van der Waals surface area contributed by atoms with Crippen molar-refractivity contribution >= 4 is 22.6 Å². The summed E-state index contributed by atoms with van der Waals surface area (Å²) < 4.78 is 5.66. The molecule has 2 amide bonds. The number of aromatic nitrogens is 1. The molecular formula is C19H19N3O2. The van der Waals surface area contributed by atoms with Gasteiger partial charge >= 0.3 is 6.03 Å². The van der Waals surface area contributed by atoms with Gasteiger partial charge in [-0.1, -0.05) is 23.8 Å². The highest BCUT2D eigenvalue weighted by Gasteiger charge is 2.02. The lowest BCUT2D eigenvalue weighted by Crippen LogP contribution is -2.32. The van der Waals surface area contributed by atoms with Crippen LogP contribution < -0.4 is 15.4 Å². The van der Waals surface area contributed by atoms with Gasteiger partial charge in [-0.15, -0.1) is 0 Å². The molecule has 0 aliphatic rings. The molecule has 5 nitrogen and oxygen atoms in total. The maximum Gasteiger partial charge on any atom is 0.319 e. The number of pyridine rings is 1. The number of nitrogens with zero attached hydrogens (tertiary/aromatic N) is 1. The SMILES string of the molecule is Cc1ccc(NC(=O)NCCOc2ccc3ncccc3c2)cc1. The van der Waals surface area contributed by atoms with E-state index in [1.54, 1.807) is 6.20 Å². The molecule has 24 heavy (non-hydrogen) atoms. The number of nitrogens with one attached hydrogen (secondary N) is 2. The Bertz CT molecular complexity index is 831. The van der Waals surface area contributed by atoms with Gasteiger partial charge in [-0.3, -0.25) is 4.98 Å². The molecule has 3 aromatic rings. The van der Waals surface area contributed by atoms with Crippen LogP contribution in [0.15, 0.2) is 60.8 Å². The fraction of sp³-hybridized carbons (Fsp3) is 0.158. The van der Waals surface area contributed by atoms with Crippen molar-refractivity contribution in [3.05, 3.63) is 66.4 Å². The Kier molecular flexibility index (Phi) is 4.91. The molecule has 0 saturated heterocycles. The van der Waals surface area contributed by atoms with Gasteiger partial charge < -0.3 is 15.4 Å². The summed E-state index contributed by atoms with van der Waals surface area (Å²) in [6.07, 6.45) is 1.76. The van der Waals surface area contributed by atoms with Crippen molar-refractivity contribution in [1.82, 2.24) is 10.3 Å². The van der Waals surface area contributed by atoms with Crippen molar-refractivity contribution < 1.29 is 9.53 Å². The molecule has 2 N–H and O–H groups in total. The number of aryl methyl sites for hydroxylation is 1. The Labute approximate surface area is 140 Å². The van der Waals surface area contributed by atoms with Crippen molar-refractivity contribution in [1.29, 1.82) is 0 Å². The van der Waals surface area contributed by atoms with Gasteiger partial charge in [0.25, 0.3) is 0 Å². The average Bonchev–Trinajstić information content (AvgIpc) is 2.60. The maximum absolute atomic E-state index is 11.8. The van der Waals surface area contributed by atoms with Crippen LogP contribution in [0.2, 0.25) is 0 Å². The van der Waals surface area contributed by atoms with Crippen LogP contribution in [0.3, 0.4) is 0 Å². The first-order valence-electron chi connectivity index (χ1n) is 7.80. The van der Waals surface area contributed by atoms with Crippen LogP contribution in [0.4, 0.5) is 10.5 Å². The molecule has 0 aliphatic heterocycles. The summed E-state index contributed by atoms with van der Waals surface area (Å²) >= 11 is 0. The van der Waals surface area contributed by atoms with E-state index < -0.39 is 0 Å². The number of benzene rings is 2. The second-order valence-corrected chi connectivity index (χ2v) is 5.45. The number of anilines is 1. The first-order valence-corrected chi connectivity index (χ1v) is 7.80. The summed E-state index contributed by atoms with van der Waals surface area (Å²) in [5, 5.41) is 6.57. The normalized spacial score (nSPS) is 10.4. The van der Waals surface area contributed by atoms with E-state index in [-0.39, 0.29) is 6.03 Å². The lowest BCUT2D eigenvalue weighted by molar-refractivity contribution is 0.247. The molecule has 0 bridgehead atoms. The molecule has 3 rings (SSSR count). The van der Waals surface area contributed by atoms with Crippen LogP contribution in [-0.4, -0.2) is 24.2 Å². The molecule has 0 atom stereocenters. The molecule has 0 saturated carbocycles. The summed E-state index contributed by atoms with van der Waals surface area (Å²) in [6.45, 7) is 2.82. The average molecular weight is 321 g/mol. The molecule has 1 heterocycles. The van der Waals surface area contributed by atoms with Gasteiger partial charge in [0.2, 0.25) is 0 Å². The Hall–Kier alpha value is -3.08. The van der Waals surface area contributed by atoms with Crippen LogP contribution in [0.1, 0.15) is 5.56 Å². The minimum atomic E-state index is -0.245. The highest BCUT2D eigenvalue weighted by molar-refractivity contribution is 5.89. The minimum Gasteiger partial charge on any atom is -0.492 e. The van der Waals surface area contributed by atoms with E-state index in [4.69, 9.17) is 4.74 Å². The quantitative estimate of drug-likeness (QED) is 0.704. The van der Waals surface area contributed by atoms with Crippen LogP contribution in [0.25, 0.3) is 10.9 Å². The predicted molar refractivity (Wildman–Crippen MR) is 95.4 cm³/mol. The van der Waals surface area contributed by atoms with E-state index in [1.165, 1.54) is 0 Å². The number of rotatable bonds is 5. The fourth-order valence-electron chi connectivity index (χ4n) is 2.29. The lowest BCUT2D eigenvalue weighted by Gasteiger charge is -2.09. The van der Waals surface area contributed by atoms with Crippen LogP contribution in [-0.2, 0) is 0 Å². The van der Waals surface area contributed by atoms with E-state index in [1.807, 2.05) is 61.5 Å². The maximum atomic E-state index is 11.8. The van der Waals surface area contributed by atoms with Gasteiger partial charge in [0.15, 0.2) is 0 Å². The van der Waals surface area contributed by atoms with E-state index in [9.17, 15) is 4.79 Å². The smallest absolute Gasteiger partial charge is 0.319 e. The van der Waals surface area contributed by atoms with Gasteiger partial charge in [0.1, 0.15) is 12.4 Å². The Morgan fingerprint density at radius 1 is 1.12 bits per heavy atom. The van der Waals surface area contributed by atoms with Crippen molar-refractivity contribution in [2.45, 2.75) is 6.92 Å². The third kappa shape index (κ3) is 4.23. The molecule has 0 spiro atoms. The topological polar surface area (TPSA) is 63.2 Å². The summed E-state index contributed by atoms with van der Waals surface area (Å²) in [6, 6.07) is 17.0. The predicted octanol–water partition coefficient (Wildman–Crippen LogP) is 3.74. The first-order chi connectivity index (χ1) is 11.7. The second kappa shape index (κ2) is 7.46. The first kappa shape index (κ1) is 15.8. The number of hydrogen-bond acceptors (Lipinski definition) is 3. The molecule has 2 aromatic carbocycles. The van der Waals surface area contributed by atoms with E-state index in [0.29, 0.717) is 13.2 Å². The van der Waals surface area contributed by atoms with Gasteiger partial charge in [0.05, 0.1) is 12.1 Å². The number of fused-ring (bicyclic) bond motifs is 1. The Morgan fingerprint density at radius 2 is 1.96 bits per heavy atom. The minimum absolute atomic E-state index is 0.245. The molecule has 0 unspecified atom stereocenters. The molecule has 1 aromatic heterocycles. The largest absolute Gasteiger partial charge is 0.492 e. The van der Waals surface area contributed by atoms with Crippen LogP contribution in [0.5, 0.6) is 5.75 Å². The van der Waals surface area contributed by atoms with Crippen molar-refractivity contribution in [3.8, 4) is 5.75 Å². The molecular weight excluding hydrogens is 302 g/mol. The van der Waals surface area contributed by atoms with Crippen LogP contribution >= 0.6 is 0 Å². The van der Waals surface area contributed by atoms with Crippen molar-refractivity contribution in [3.63, 3.8) is 0 Å². The van der Waals surface area contributed by atoms with Crippen LogP contribution in [0, 0.1) is 6.92 Å². The zero-order chi connectivity index (χ0) is 16.8. The van der Waals surface area contributed by atoms with Gasteiger partial charge in [-0.05, 0) is 43.3 Å². The number of amides is 2. The molecule has 0 radical (unpaired) electrons. The summed E-state index contributed by atoms with van der Waals surface area (Å²) in [4.78, 5) is 16.1. The van der Waals surface area contributed by atoms with E-state index >= 15 is 0 Å².